The lowest BCUT2D eigenvalue weighted by Gasteiger charge is -2.01. The van der Waals surface area contributed by atoms with Crippen LogP contribution in [0.5, 0.6) is 0 Å². The Kier molecular flexibility index (Phi) is 6.66. The molecule has 2 aromatic carbocycles. The fourth-order valence-corrected chi connectivity index (χ4v) is 4.53. The molecule has 0 spiro atoms. The van der Waals surface area contributed by atoms with E-state index >= 15 is 0 Å². The van der Waals surface area contributed by atoms with Gasteiger partial charge in [-0.1, -0.05) is 59.5 Å². The molecule has 0 aliphatic rings. The van der Waals surface area contributed by atoms with Crippen molar-refractivity contribution in [3.05, 3.63) is 65.7 Å². The van der Waals surface area contributed by atoms with Crippen LogP contribution in [0.15, 0.2) is 63.8 Å². The van der Waals surface area contributed by atoms with Crippen LogP contribution in [0.2, 0.25) is 0 Å². The maximum atomic E-state index is 12.0. The normalized spacial score (nSPS) is 10.3. The van der Waals surface area contributed by atoms with Crippen molar-refractivity contribution in [1.82, 2.24) is 10.2 Å². The van der Waals surface area contributed by atoms with Crippen LogP contribution >= 0.6 is 34.9 Å². The minimum Gasteiger partial charge on any atom is -0.300 e. The molecule has 0 atom stereocenters. The monoisotopic (exact) mass is 398 g/mol. The molecule has 8 heteroatoms. The molecule has 0 saturated heterocycles. The second kappa shape index (κ2) is 9.38. The van der Waals surface area contributed by atoms with E-state index in [1.807, 2.05) is 48.5 Å². The molecule has 1 amide bonds. The number of amides is 1. The van der Waals surface area contributed by atoms with Gasteiger partial charge in [0.05, 0.1) is 17.4 Å². The predicted octanol–water partition coefficient (Wildman–Crippen LogP) is 4.43. The Hall–Kier alpha value is -2.34. The number of anilines is 1. The first-order chi connectivity index (χ1) is 12.7. The summed E-state index contributed by atoms with van der Waals surface area (Å²) in [6.45, 7) is 0. The van der Waals surface area contributed by atoms with Gasteiger partial charge in [-0.25, -0.2) is 0 Å². The van der Waals surface area contributed by atoms with Crippen molar-refractivity contribution >= 4 is 45.9 Å². The maximum Gasteiger partial charge on any atom is 0.236 e. The van der Waals surface area contributed by atoms with Gasteiger partial charge in [-0.05, 0) is 23.8 Å². The number of carbonyl (C=O) groups is 1. The molecule has 1 N–H and O–H groups in total. The van der Waals surface area contributed by atoms with Gasteiger partial charge in [0.25, 0.3) is 0 Å². The molecule has 3 aromatic rings. The molecular weight excluding hydrogens is 384 g/mol. The molecule has 0 saturated carbocycles. The van der Waals surface area contributed by atoms with E-state index in [4.69, 9.17) is 5.26 Å². The number of rotatable bonds is 7. The number of benzene rings is 2. The summed E-state index contributed by atoms with van der Waals surface area (Å²) in [5.74, 6) is 0.846. The van der Waals surface area contributed by atoms with Crippen molar-refractivity contribution in [1.29, 1.82) is 5.26 Å². The zero-order chi connectivity index (χ0) is 18.2. The summed E-state index contributed by atoms with van der Waals surface area (Å²) in [7, 11) is 0. The van der Waals surface area contributed by atoms with E-state index in [-0.39, 0.29) is 5.91 Å². The number of thioether (sulfide) groups is 2. The third-order valence-electron chi connectivity index (χ3n) is 3.25. The molecule has 0 aliphatic heterocycles. The van der Waals surface area contributed by atoms with E-state index < -0.39 is 0 Å². The highest BCUT2D eigenvalue weighted by Crippen LogP contribution is 2.29. The zero-order valence-electron chi connectivity index (χ0n) is 13.6. The number of nitrogens with one attached hydrogen (secondary N) is 1. The quantitative estimate of drug-likeness (QED) is 0.468. The molecule has 1 aromatic heterocycles. The Morgan fingerprint density at radius 1 is 1.08 bits per heavy atom. The van der Waals surface area contributed by atoms with Gasteiger partial charge in [0, 0.05) is 10.6 Å². The van der Waals surface area contributed by atoms with Crippen LogP contribution in [0, 0.1) is 11.3 Å². The van der Waals surface area contributed by atoms with Gasteiger partial charge in [-0.15, -0.1) is 22.0 Å². The lowest BCUT2D eigenvalue weighted by Crippen LogP contribution is -2.13. The molecule has 0 radical (unpaired) electrons. The Bertz CT molecular complexity index is 921. The number of hydrogen-bond acceptors (Lipinski definition) is 7. The van der Waals surface area contributed by atoms with E-state index in [1.165, 1.54) is 34.9 Å². The number of carbonyl (C=O) groups excluding carboxylic acids is 1. The first kappa shape index (κ1) is 18.5. The Labute approximate surface area is 163 Å². The number of nitriles is 1. The third-order valence-corrected chi connectivity index (χ3v) is 6.29. The maximum absolute atomic E-state index is 12.0. The van der Waals surface area contributed by atoms with E-state index in [2.05, 4.69) is 21.6 Å². The standard InChI is InChI=1S/C18H14N4OS3/c19-10-13-6-4-5-7-14(13)11-25-18-22-21-17(26-18)20-16(23)12-24-15-8-2-1-3-9-15/h1-9H,11-12H2,(H,20,21,23). The highest BCUT2D eigenvalue weighted by molar-refractivity contribution is 8.00. The van der Waals surface area contributed by atoms with E-state index in [9.17, 15) is 4.79 Å². The van der Waals surface area contributed by atoms with Crippen LogP contribution in [0.25, 0.3) is 0 Å². The second-order valence-electron chi connectivity index (χ2n) is 5.08. The lowest BCUT2D eigenvalue weighted by atomic mass is 10.1. The van der Waals surface area contributed by atoms with Gasteiger partial charge in [-0.3, -0.25) is 10.1 Å². The van der Waals surface area contributed by atoms with E-state index in [1.54, 1.807) is 6.07 Å². The molecule has 1 heterocycles. The van der Waals surface area contributed by atoms with Gasteiger partial charge in [-0.2, -0.15) is 5.26 Å². The number of hydrogen-bond donors (Lipinski definition) is 1. The van der Waals surface area contributed by atoms with Crippen LogP contribution in [0.1, 0.15) is 11.1 Å². The van der Waals surface area contributed by atoms with Crippen molar-refractivity contribution in [3.63, 3.8) is 0 Å². The van der Waals surface area contributed by atoms with Crippen LogP contribution in [0.4, 0.5) is 5.13 Å². The molecule has 26 heavy (non-hydrogen) atoms. The van der Waals surface area contributed by atoms with Crippen molar-refractivity contribution in [3.8, 4) is 6.07 Å². The Morgan fingerprint density at radius 2 is 1.85 bits per heavy atom. The molecular formula is C18H14N4OS3. The van der Waals surface area contributed by atoms with Crippen LogP contribution in [-0.2, 0) is 10.5 Å². The summed E-state index contributed by atoms with van der Waals surface area (Å²) >= 11 is 4.31. The highest BCUT2D eigenvalue weighted by Gasteiger charge is 2.10. The zero-order valence-corrected chi connectivity index (χ0v) is 16.0. The molecule has 0 bridgehead atoms. The Morgan fingerprint density at radius 3 is 2.65 bits per heavy atom. The average Bonchev–Trinajstić information content (AvgIpc) is 3.13. The van der Waals surface area contributed by atoms with Gasteiger partial charge in [0.2, 0.25) is 11.0 Å². The molecule has 0 aliphatic carbocycles. The molecule has 3 rings (SSSR count). The summed E-state index contributed by atoms with van der Waals surface area (Å²) in [5.41, 5.74) is 1.62. The summed E-state index contributed by atoms with van der Waals surface area (Å²) in [6.07, 6.45) is 0. The highest BCUT2D eigenvalue weighted by atomic mass is 32.2. The first-order valence-electron chi connectivity index (χ1n) is 7.66. The fourth-order valence-electron chi connectivity index (χ4n) is 2.03. The van der Waals surface area contributed by atoms with Crippen molar-refractivity contribution in [2.45, 2.75) is 15.0 Å². The van der Waals surface area contributed by atoms with Crippen molar-refractivity contribution in [2.24, 2.45) is 0 Å². The summed E-state index contributed by atoms with van der Waals surface area (Å²) in [5, 5.41) is 20.5. The lowest BCUT2D eigenvalue weighted by molar-refractivity contribution is -0.113. The van der Waals surface area contributed by atoms with Crippen molar-refractivity contribution < 1.29 is 4.79 Å². The molecule has 0 fully saturated rings. The number of nitrogens with zero attached hydrogens (tertiary/aromatic N) is 3. The smallest absolute Gasteiger partial charge is 0.236 e. The summed E-state index contributed by atoms with van der Waals surface area (Å²) in [4.78, 5) is 13.1. The van der Waals surface area contributed by atoms with Crippen LogP contribution in [-0.4, -0.2) is 21.9 Å². The van der Waals surface area contributed by atoms with Crippen LogP contribution in [0.3, 0.4) is 0 Å². The van der Waals surface area contributed by atoms with Crippen molar-refractivity contribution in [2.75, 3.05) is 11.1 Å². The van der Waals surface area contributed by atoms with E-state index in [0.29, 0.717) is 22.2 Å². The predicted molar refractivity (Wildman–Crippen MR) is 106 cm³/mol. The van der Waals surface area contributed by atoms with Gasteiger partial charge in [0.1, 0.15) is 0 Å². The van der Waals surface area contributed by atoms with Gasteiger partial charge in [0.15, 0.2) is 4.34 Å². The topological polar surface area (TPSA) is 78.7 Å². The SMILES string of the molecule is N#Cc1ccccc1CSc1nnc(NC(=O)CSc2ccccc2)s1. The number of aromatic nitrogens is 2. The van der Waals surface area contributed by atoms with Gasteiger partial charge >= 0.3 is 0 Å². The summed E-state index contributed by atoms with van der Waals surface area (Å²) in [6, 6.07) is 19.4. The Balaban J connectivity index is 1.50. The minimum atomic E-state index is -0.110. The van der Waals surface area contributed by atoms with Gasteiger partial charge < -0.3 is 0 Å². The molecule has 130 valence electrons. The molecule has 5 nitrogen and oxygen atoms in total. The fraction of sp³-hybridized carbons (Fsp3) is 0.111. The second-order valence-corrected chi connectivity index (χ2v) is 8.33. The third kappa shape index (κ3) is 5.33. The minimum absolute atomic E-state index is 0.110. The van der Waals surface area contributed by atoms with Crippen LogP contribution < -0.4 is 5.32 Å². The van der Waals surface area contributed by atoms with E-state index in [0.717, 1.165) is 14.8 Å². The largest absolute Gasteiger partial charge is 0.300 e. The first-order valence-corrected chi connectivity index (χ1v) is 10.5. The summed E-state index contributed by atoms with van der Waals surface area (Å²) < 4.78 is 0.753. The average molecular weight is 399 g/mol. The molecule has 0 unspecified atom stereocenters.